The molecule has 0 fully saturated rings. The van der Waals surface area contributed by atoms with Gasteiger partial charge in [0.2, 0.25) is 5.89 Å². The molecule has 1 aliphatic heterocycles. The summed E-state index contributed by atoms with van der Waals surface area (Å²) in [6.45, 7) is 7.48. The third kappa shape index (κ3) is 5.12. The second-order valence-corrected chi connectivity index (χ2v) is 7.23. The third-order valence-electron chi connectivity index (χ3n) is 4.13. The standard InChI is InChI=1S/C19H26N4O2.HI/c1-19(2,3)16-11-21-17(25-16)12-23-18(20-4)22-10-14-9-13-7-5-6-8-15(13)24-14;/h5-8,11,14H,9-10,12H2,1-4H3,(H2,20,22,23);1H. The van der Waals surface area contributed by atoms with Crippen molar-refractivity contribution in [2.45, 2.75) is 45.3 Å². The average molecular weight is 470 g/mol. The van der Waals surface area contributed by atoms with E-state index in [1.54, 1.807) is 13.2 Å². The fourth-order valence-corrected chi connectivity index (χ4v) is 2.70. The molecule has 0 saturated carbocycles. The molecule has 7 heteroatoms. The first-order valence-electron chi connectivity index (χ1n) is 8.60. The lowest BCUT2D eigenvalue weighted by Crippen LogP contribution is -2.42. The molecule has 1 aromatic carbocycles. The number of aromatic nitrogens is 1. The van der Waals surface area contributed by atoms with Gasteiger partial charge in [0, 0.05) is 18.9 Å². The number of hydrogen-bond donors (Lipinski definition) is 2. The minimum Gasteiger partial charge on any atom is -0.488 e. The SMILES string of the molecule is CN=C(NCc1ncc(C(C)(C)C)o1)NCC1Cc2ccccc2O1.I. The molecule has 142 valence electrons. The van der Waals surface area contributed by atoms with E-state index < -0.39 is 0 Å². The van der Waals surface area contributed by atoms with Gasteiger partial charge in [0.1, 0.15) is 17.6 Å². The van der Waals surface area contributed by atoms with Crippen LogP contribution in [0.1, 0.15) is 38.0 Å². The molecular formula is C19H27IN4O2. The van der Waals surface area contributed by atoms with Crippen LogP contribution in [0.15, 0.2) is 39.9 Å². The van der Waals surface area contributed by atoms with Gasteiger partial charge in [-0.1, -0.05) is 39.0 Å². The van der Waals surface area contributed by atoms with E-state index in [-0.39, 0.29) is 35.5 Å². The zero-order valence-electron chi connectivity index (χ0n) is 15.7. The van der Waals surface area contributed by atoms with E-state index in [2.05, 4.69) is 47.4 Å². The zero-order valence-corrected chi connectivity index (χ0v) is 18.0. The molecule has 26 heavy (non-hydrogen) atoms. The van der Waals surface area contributed by atoms with Gasteiger partial charge in [-0.3, -0.25) is 4.99 Å². The van der Waals surface area contributed by atoms with Crippen molar-refractivity contribution >= 4 is 29.9 Å². The maximum Gasteiger partial charge on any atom is 0.213 e. The van der Waals surface area contributed by atoms with E-state index in [9.17, 15) is 0 Å². The van der Waals surface area contributed by atoms with E-state index in [0.29, 0.717) is 24.9 Å². The summed E-state index contributed by atoms with van der Waals surface area (Å²) >= 11 is 0. The molecule has 0 radical (unpaired) electrons. The van der Waals surface area contributed by atoms with Gasteiger partial charge in [0.25, 0.3) is 0 Å². The first-order chi connectivity index (χ1) is 12.0. The van der Waals surface area contributed by atoms with E-state index in [1.807, 2.05) is 18.2 Å². The lowest BCUT2D eigenvalue weighted by Gasteiger charge is -2.15. The Morgan fingerprint density at radius 1 is 1.27 bits per heavy atom. The number of hydrogen-bond acceptors (Lipinski definition) is 4. The number of ether oxygens (including phenoxy) is 1. The number of oxazole rings is 1. The summed E-state index contributed by atoms with van der Waals surface area (Å²) in [6.07, 6.45) is 2.82. The highest BCUT2D eigenvalue weighted by Crippen LogP contribution is 2.27. The molecule has 2 heterocycles. The number of nitrogens with one attached hydrogen (secondary N) is 2. The quantitative estimate of drug-likeness (QED) is 0.408. The molecule has 1 aliphatic rings. The Morgan fingerprint density at radius 2 is 2.04 bits per heavy atom. The highest BCUT2D eigenvalue weighted by atomic mass is 127. The van der Waals surface area contributed by atoms with Crippen molar-refractivity contribution in [2.75, 3.05) is 13.6 Å². The van der Waals surface area contributed by atoms with Crippen LogP contribution in [0, 0.1) is 0 Å². The van der Waals surface area contributed by atoms with Crippen molar-refractivity contribution < 1.29 is 9.15 Å². The topological polar surface area (TPSA) is 71.7 Å². The number of nitrogens with zero attached hydrogens (tertiary/aromatic N) is 2. The largest absolute Gasteiger partial charge is 0.488 e. The van der Waals surface area contributed by atoms with Gasteiger partial charge >= 0.3 is 0 Å². The number of rotatable bonds is 4. The molecule has 1 unspecified atom stereocenters. The van der Waals surface area contributed by atoms with Crippen LogP contribution in [0.25, 0.3) is 0 Å². The first-order valence-corrected chi connectivity index (χ1v) is 8.60. The molecule has 3 rings (SSSR count). The number of guanidine groups is 1. The van der Waals surface area contributed by atoms with Gasteiger partial charge in [0.15, 0.2) is 5.96 Å². The fraction of sp³-hybridized carbons (Fsp3) is 0.474. The smallest absolute Gasteiger partial charge is 0.213 e. The molecule has 0 bridgehead atoms. The van der Waals surface area contributed by atoms with Crippen LogP contribution in [0.3, 0.4) is 0 Å². The number of aliphatic imine (C=N–C) groups is 1. The Balaban J connectivity index is 0.00000243. The first kappa shape index (κ1) is 20.5. The highest BCUT2D eigenvalue weighted by Gasteiger charge is 2.22. The van der Waals surface area contributed by atoms with Gasteiger partial charge in [0.05, 0.1) is 19.3 Å². The van der Waals surface area contributed by atoms with Gasteiger partial charge in [-0.2, -0.15) is 0 Å². The van der Waals surface area contributed by atoms with E-state index in [1.165, 1.54) is 5.56 Å². The van der Waals surface area contributed by atoms with Gasteiger partial charge < -0.3 is 19.8 Å². The molecule has 0 amide bonds. The summed E-state index contributed by atoms with van der Waals surface area (Å²) in [5.41, 5.74) is 1.21. The van der Waals surface area contributed by atoms with E-state index in [0.717, 1.165) is 17.9 Å². The second-order valence-electron chi connectivity index (χ2n) is 7.23. The van der Waals surface area contributed by atoms with Crippen LogP contribution in [0.5, 0.6) is 5.75 Å². The summed E-state index contributed by atoms with van der Waals surface area (Å²) in [6, 6.07) is 8.16. The van der Waals surface area contributed by atoms with Gasteiger partial charge in [-0.15, -0.1) is 24.0 Å². The van der Waals surface area contributed by atoms with Crippen LogP contribution in [-0.2, 0) is 18.4 Å². The predicted octanol–water partition coefficient (Wildman–Crippen LogP) is 3.26. The van der Waals surface area contributed by atoms with Crippen molar-refractivity contribution in [3.05, 3.63) is 47.7 Å². The monoisotopic (exact) mass is 470 g/mol. The molecule has 0 spiro atoms. The maximum atomic E-state index is 5.93. The number of para-hydroxylation sites is 1. The Morgan fingerprint density at radius 3 is 2.69 bits per heavy atom. The van der Waals surface area contributed by atoms with Crippen molar-refractivity contribution in [1.82, 2.24) is 15.6 Å². The average Bonchev–Trinajstić information content (AvgIpc) is 3.21. The molecule has 0 aliphatic carbocycles. The molecule has 2 aromatic rings. The molecule has 1 atom stereocenters. The minimum absolute atomic E-state index is 0. The van der Waals surface area contributed by atoms with E-state index in [4.69, 9.17) is 9.15 Å². The van der Waals surface area contributed by atoms with Crippen LogP contribution in [-0.4, -0.2) is 30.6 Å². The van der Waals surface area contributed by atoms with Crippen LogP contribution in [0.4, 0.5) is 0 Å². The molecule has 1 aromatic heterocycles. The third-order valence-corrected chi connectivity index (χ3v) is 4.13. The number of benzene rings is 1. The van der Waals surface area contributed by atoms with Crippen LogP contribution in [0.2, 0.25) is 0 Å². The summed E-state index contributed by atoms with van der Waals surface area (Å²) in [4.78, 5) is 8.56. The van der Waals surface area contributed by atoms with Crippen molar-refractivity contribution in [1.29, 1.82) is 0 Å². The Hall–Kier alpha value is -1.77. The minimum atomic E-state index is -0.0417. The normalized spacial score (nSPS) is 16.5. The molecule has 6 nitrogen and oxygen atoms in total. The van der Waals surface area contributed by atoms with Crippen molar-refractivity contribution in [3.8, 4) is 5.75 Å². The fourth-order valence-electron chi connectivity index (χ4n) is 2.70. The zero-order chi connectivity index (χ0) is 17.9. The maximum absolute atomic E-state index is 5.93. The van der Waals surface area contributed by atoms with Crippen LogP contribution < -0.4 is 15.4 Å². The molecule has 2 N–H and O–H groups in total. The summed E-state index contributed by atoms with van der Waals surface area (Å²) in [7, 11) is 1.75. The van der Waals surface area contributed by atoms with E-state index >= 15 is 0 Å². The highest BCUT2D eigenvalue weighted by molar-refractivity contribution is 14.0. The van der Waals surface area contributed by atoms with Gasteiger partial charge in [-0.25, -0.2) is 4.98 Å². The predicted molar refractivity (Wildman–Crippen MR) is 113 cm³/mol. The van der Waals surface area contributed by atoms with Crippen molar-refractivity contribution in [3.63, 3.8) is 0 Å². The molecule has 0 saturated heterocycles. The lowest BCUT2D eigenvalue weighted by atomic mass is 9.94. The Labute approximate surface area is 171 Å². The molecular weight excluding hydrogens is 443 g/mol. The summed E-state index contributed by atoms with van der Waals surface area (Å²) in [5.74, 6) is 3.21. The number of halogens is 1. The summed E-state index contributed by atoms with van der Waals surface area (Å²) < 4.78 is 11.7. The van der Waals surface area contributed by atoms with Crippen LogP contribution >= 0.6 is 24.0 Å². The Bertz CT molecular complexity index is 727. The lowest BCUT2D eigenvalue weighted by molar-refractivity contribution is 0.235. The Kier molecular flexibility index (Phi) is 6.91. The second kappa shape index (κ2) is 8.75. The van der Waals surface area contributed by atoms with Crippen molar-refractivity contribution in [2.24, 2.45) is 4.99 Å². The summed E-state index contributed by atoms with van der Waals surface area (Å²) in [5, 5.41) is 6.52. The number of fused-ring (bicyclic) bond motifs is 1. The van der Waals surface area contributed by atoms with Gasteiger partial charge in [-0.05, 0) is 11.6 Å².